The number of ether oxygens (including phenoxy) is 2. The van der Waals surface area contributed by atoms with E-state index in [1.54, 1.807) is 0 Å². The third-order valence-corrected chi connectivity index (χ3v) is 2.61. The lowest BCUT2D eigenvalue weighted by atomic mass is 10.2. The third-order valence-electron chi connectivity index (χ3n) is 2.11. The monoisotopic (exact) mass is 275 g/mol. The average Bonchev–Trinajstić information content (AvgIpc) is 2.25. The lowest BCUT2D eigenvalue weighted by Crippen LogP contribution is -2.23. The molecule has 1 aliphatic heterocycles. The predicted octanol–water partition coefficient (Wildman–Crippen LogP) is -0.0186. The van der Waals surface area contributed by atoms with Gasteiger partial charge in [0.15, 0.2) is 11.5 Å². The van der Waals surface area contributed by atoms with E-state index in [1.165, 1.54) is 0 Å². The molecule has 0 amide bonds. The molecule has 0 atom stereocenters. The minimum atomic E-state index is -4.11. The molecule has 18 heavy (non-hydrogen) atoms. The van der Waals surface area contributed by atoms with Gasteiger partial charge in [-0.3, -0.25) is 14.8 Å². The second-order valence-corrected chi connectivity index (χ2v) is 4.71. The Kier molecular flexibility index (Phi) is 2.97. The smallest absolute Gasteiger partial charge is 0.297 e. The maximum absolute atomic E-state index is 10.9. The van der Waals surface area contributed by atoms with Gasteiger partial charge >= 0.3 is 0 Å². The van der Waals surface area contributed by atoms with Crippen molar-refractivity contribution in [3.63, 3.8) is 0 Å². The standard InChI is InChI=1S/C8H9N3O6S/c9-18(14,15)10-5-3-7-8(17-2-1-16-7)4-6(5)11(12)13/h3-4,10H,1-2H2,(H2,9,14,15). The van der Waals surface area contributed by atoms with E-state index in [-0.39, 0.29) is 30.4 Å². The molecule has 0 unspecified atom stereocenters. The van der Waals surface area contributed by atoms with Crippen LogP contribution in [0.25, 0.3) is 0 Å². The molecule has 3 N–H and O–H groups in total. The summed E-state index contributed by atoms with van der Waals surface area (Å²) in [4.78, 5) is 10.1. The van der Waals surface area contributed by atoms with E-state index < -0.39 is 20.8 Å². The van der Waals surface area contributed by atoms with Crippen molar-refractivity contribution >= 4 is 21.6 Å². The summed E-state index contributed by atoms with van der Waals surface area (Å²) in [6.07, 6.45) is 0. The van der Waals surface area contributed by atoms with Crippen LogP contribution >= 0.6 is 0 Å². The summed E-state index contributed by atoms with van der Waals surface area (Å²) in [7, 11) is -4.11. The van der Waals surface area contributed by atoms with Crippen molar-refractivity contribution in [2.24, 2.45) is 5.14 Å². The zero-order valence-corrected chi connectivity index (χ0v) is 9.77. The van der Waals surface area contributed by atoms with Gasteiger partial charge in [0.25, 0.3) is 15.9 Å². The number of nitrogens with zero attached hydrogens (tertiary/aromatic N) is 1. The van der Waals surface area contributed by atoms with Crippen molar-refractivity contribution in [2.75, 3.05) is 17.9 Å². The van der Waals surface area contributed by atoms with Crippen LogP contribution in [0.2, 0.25) is 0 Å². The molecule has 0 aromatic heterocycles. The number of fused-ring (bicyclic) bond motifs is 1. The highest BCUT2D eigenvalue weighted by Crippen LogP contribution is 2.39. The number of nitrogens with two attached hydrogens (primary N) is 1. The summed E-state index contributed by atoms with van der Waals surface area (Å²) < 4.78 is 34.0. The molecule has 0 saturated heterocycles. The number of hydrogen-bond donors (Lipinski definition) is 2. The van der Waals surface area contributed by atoms with E-state index >= 15 is 0 Å². The Balaban J connectivity index is 2.52. The second kappa shape index (κ2) is 4.31. The van der Waals surface area contributed by atoms with Gasteiger partial charge in [-0.2, -0.15) is 8.42 Å². The Labute approximate surface area is 102 Å². The highest BCUT2D eigenvalue weighted by Gasteiger charge is 2.23. The van der Waals surface area contributed by atoms with Gasteiger partial charge in [0.2, 0.25) is 0 Å². The quantitative estimate of drug-likeness (QED) is 0.588. The number of anilines is 1. The van der Waals surface area contributed by atoms with Crippen molar-refractivity contribution in [1.82, 2.24) is 0 Å². The molecule has 0 saturated carbocycles. The zero-order chi connectivity index (χ0) is 13.3. The number of nitrogens with one attached hydrogen (secondary N) is 1. The van der Waals surface area contributed by atoms with E-state index in [9.17, 15) is 18.5 Å². The van der Waals surface area contributed by atoms with Crippen molar-refractivity contribution in [3.8, 4) is 11.5 Å². The molecule has 0 aliphatic carbocycles. The van der Waals surface area contributed by atoms with Gasteiger partial charge in [-0.05, 0) is 0 Å². The van der Waals surface area contributed by atoms with Gasteiger partial charge in [0, 0.05) is 6.07 Å². The number of benzene rings is 1. The first-order valence-electron chi connectivity index (χ1n) is 4.75. The molecule has 0 bridgehead atoms. The Morgan fingerprint density at radius 1 is 1.28 bits per heavy atom. The van der Waals surface area contributed by atoms with E-state index in [1.807, 2.05) is 4.72 Å². The first kappa shape index (κ1) is 12.4. The molecule has 2 rings (SSSR count). The van der Waals surface area contributed by atoms with Crippen LogP contribution in [0.15, 0.2) is 12.1 Å². The van der Waals surface area contributed by atoms with Crippen LogP contribution in [0.3, 0.4) is 0 Å². The van der Waals surface area contributed by atoms with E-state index in [2.05, 4.69) is 0 Å². The Morgan fingerprint density at radius 3 is 2.33 bits per heavy atom. The van der Waals surface area contributed by atoms with Gasteiger partial charge in [-0.1, -0.05) is 0 Å². The molecule has 1 aromatic rings. The lowest BCUT2D eigenvalue weighted by Gasteiger charge is -2.19. The Morgan fingerprint density at radius 2 is 1.83 bits per heavy atom. The van der Waals surface area contributed by atoms with Crippen molar-refractivity contribution in [1.29, 1.82) is 0 Å². The van der Waals surface area contributed by atoms with Crippen LogP contribution in [-0.4, -0.2) is 26.6 Å². The van der Waals surface area contributed by atoms with Crippen LogP contribution in [-0.2, 0) is 10.2 Å². The molecule has 10 heteroatoms. The maximum atomic E-state index is 10.9. The fourth-order valence-corrected chi connectivity index (χ4v) is 1.93. The van der Waals surface area contributed by atoms with Gasteiger partial charge in [0.05, 0.1) is 11.0 Å². The van der Waals surface area contributed by atoms with Gasteiger partial charge < -0.3 is 9.47 Å². The molecule has 0 spiro atoms. The maximum Gasteiger partial charge on any atom is 0.297 e. The SMILES string of the molecule is NS(=O)(=O)Nc1cc2c(cc1[N+](=O)[O-])OCCO2. The largest absolute Gasteiger partial charge is 0.486 e. The molecule has 1 aliphatic rings. The Bertz CT molecular complexity index is 599. The van der Waals surface area contributed by atoms with Crippen molar-refractivity contribution in [3.05, 3.63) is 22.2 Å². The summed E-state index contributed by atoms with van der Waals surface area (Å²) in [6.45, 7) is 0.547. The van der Waals surface area contributed by atoms with Crippen LogP contribution < -0.4 is 19.3 Å². The lowest BCUT2D eigenvalue weighted by molar-refractivity contribution is -0.384. The fourth-order valence-electron chi connectivity index (χ4n) is 1.46. The molecule has 98 valence electrons. The predicted molar refractivity (Wildman–Crippen MR) is 60.8 cm³/mol. The molecular formula is C8H9N3O6S. The van der Waals surface area contributed by atoms with Crippen LogP contribution in [0, 0.1) is 10.1 Å². The van der Waals surface area contributed by atoms with E-state index in [0.717, 1.165) is 12.1 Å². The van der Waals surface area contributed by atoms with Crippen LogP contribution in [0.1, 0.15) is 0 Å². The number of nitro groups is 1. The van der Waals surface area contributed by atoms with Gasteiger partial charge in [0.1, 0.15) is 18.9 Å². The Hall–Kier alpha value is -2.07. The van der Waals surface area contributed by atoms with Gasteiger partial charge in [-0.15, -0.1) is 0 Å². The third kappa shape index (κ3) is 2.60. The molecule has 1 heterocycles. The average molecular weight is 275 g/mol. The first-order valence-corrected chi connectivity index (χ1v) is 6.30. The highest BCUT2D eigenvalue weighted by atomic mass is 32.2. The summed E-state index contributed by atoms with van der Waals surface area (Å²) in [6, 6.07) is 2.25. The summed E-state index contributed by atoms with van der Waals surface area (Å²) >= 11 is 0. The summed E-state index contributed by atoms with van der Waals surface area (Å²) in [5, 5.41) is 15.6. The van der Waals surface area contributed by atoms with Gasteiger partial charge in [-0.25, -0.2) is 5.14 Å². The molecule has 9 nitrogen and oxygen atoms in total. The van der Waals surface area contributed by atoms with Crippen molar-refractivity contribution in [2.45, 2.75) is 0 Å². The number of hydrogen-bond acceptors (Lipinski definition) is 6. The number of rotatable bonds is 3. The second-order valence-electron chi connectivity index (χ2n) is 3.42. The molecular weight excluding hydrogens is 266 g/mol. The number of nitro benzene ring substituents is 1. The summed E-state index contributed by atoms with van der Waals surface area (Å²) in [5.41, 5.74) is -0.736. The normalized spacial score (nSPS) is 14.1. The summed E-state index contributed by atoms with van der Waals surface area (Å²) in [5.74, 6) is 0.408. The minimum absolute atomic E-state index is 0.188. The fraction of sp³-hybridized carbons (Fsp3) is 0.250. The van der Waals surface area contributed by atoms with Crippen LogP contribution in [0.4, 0.5) is 11.4 Å². The van der Waals surface area contributed by atoms with Crippen LogP contribution in [0.5, 0.6) is 11.5 Å². The topological polar surface area (TPSA) is 134 Å². The first-order chi connectivity index (χ1) is 8.37. The molecule has 0 radical (unpaired) electrons. The zero-order valence-electron chi connectivity index (χ0n) is 8.95. The van der Waals surface area contributed by atoms with Crippen molar-refractivity contribution < 1.29 is 22.8 Å². The molecule has 0 fully saturated rings. The minimum Gasteiger partial charge on any atom is -0.486 e. The molecule has 1 aromatic carbocycles. The highest BCUT2D eigenvalue weighted by molar-refractivity contribution is 7.90. The van der Waals surface area contributed by atoms with E-state index in [0.29, 0.717) is 0 Å². The van der Waals surface area contributed by atoms with E-state index in [4.69, 9.17) is 14.6 Å².